The van der Waals surface area contributed by atoms with E-state index in [4.69, 9.17) is 11.6 Å². The van der Waals surface area contributed by atoms with Gasteiger partial charge in [-0.25, -0.2) is 0 Å². The van der Waals surface area contributed by atoms with E-state index >= 15 is 0 Å². The van der Waals surface area contributed by atoms with Crippen molar-refractivity contribution >= 4 is 16.8 Å². The maximum atomic E-state index is 11.3. The Kier molecular flexibility index (Phi) is 5.69. The Morgan fingerprint density at radius 1 is 1.04 bits per heavy atom. The number of carbonyl (C=O) groups excluding carboxylic acids is 1. The van der Waals surface area contributed by atoms with E-state index in [2.05, 4.69) is 20.8 Å². The largest absolute Gasteiger partial charge is 0.393 e. The molecule has 4 rings (SSSR count). The first-order valence-corrected chi connectivity index (χ1v) is 12.1. The quantitative estimate of drug-likeness (QED) is 0.629. The lowest BCUT2D eigenvalue weighted by Gasteiger charge is -2.62. The molecule has 10 atom stereocenters. The zero-order chi connectivity index (χ0) is 20.3. The second-order valence-electron chi connectivity index (χ2n) is 11.3. The molecule has 4 aliphatic rings. The number of halogens is 1. The smallest absolute Gasteiger partial charge is 0.221 e. The summed E-state index contributed by atoms with van der Waals surface area (Å²) >= 11 is 5.61. The fraction of sp³-hybridized carbons (Fsp3) is 0.958. The zero-order valence-electron chi connectivity index (χ0n) is 17.9. The molecule has 0 aromatic carbocycles. The van der Waals surface area contributed by atoms with E-state index in [1.807, 2.05) is 0 Å². The number of rotatable bonds is 4. The molecular formula is C24H39ClO3. The van der Waals surface area contributed by atoms with E-state index in [0.717, 1.165) is 32.1 Å². The molecule has 0 amide bonds. The van der Waals surface area contributed by atoms with Crippen molar-refractivity contribution in [3.8, 4) is 0 Å². The predicted molar refractivity (Wildman–Crippen MR) is 112 cm³/mol. The van der Waals surface area contributed by atoms with Gasteiger partial charge in [0.1, 0.15) is 0 Å². The van der Waals surface area contributed by atoms with E-state index in [9.17, 15) is 15.0 Å². The number of hydrogen-bond donors (Lipinski definition) is 2. The van der Waals surface area contributed by atoms with Gasteiger partial charge >= 0.3 is 0 Å². The van der Waals surface area contributed by atoms with Crippen LogP contribution >= 0.6 is 11.6 Å². The van der Waals surface area contributed by atoms with E-state index in [1.165, 1.54) is 25.7 Å². The van der Waals surface area contributed by atoms with Crippen LogP contribution in [0.1, 0.15) is 85.0 Å². The van der Waals surface area contributed by atoms with Gasteiger partial charge in [0.15, 0.2) is 0 Å². The van der Waals surface area contributed by atoms with Crippen molar-refractivity contribution in [1.82, 2.24) is 0 Å². The van der Waals surface area contributed by atoms with Gasteiger partial charge < -0.3 is 10.2 Å². The normalized spacial score (nSPS) is 51.7. The Hall–Kier alpha value is -0.120. The average molecular weight is 411 g/mol. The van der Waals surface area contributed by atoms with Crippen LogP contribution in [0.5, 0.6) is 0 Å². The molecule has 0 saturated heterocycles. The van der Waals surface area contributed by atoms with E-state index in [0.29, 0.717) is 47.3 Å². The van der Waals surface area contributed by atoms with Gasteiger partial charge in [0.05, 0.1) is 12.2 Å². The summed E-state index contributed by atoms with van der Waals surface area (Å²) in [5, 5.41) is 21.3. The topological polar surface area (TPSA) is 57.5 Å². The van der Waals surface area contributed by atoms with Crippen LogP contribution in [0.2, 0.25) is 0 Å². The van der Waals surface area contributed by atoms with E-state index in [-0.39, 0.29) is 22.9 Å². The van der Waals surface area contributed by atoms with Crippen molar-refractivity contribution in [2.75, 3.05) is 0 Å². The Morgan fingerprint density at radius 3 is 2.43 bits per heavy atom. The lowest BCUT2D eigenvalue weighted by atomic mass is 9.43. The minimum atomic E-state index is -0.212. The van der Waals surface area contributed by atoms with Crippen molar-refractivity contribution in [3.05, 3.63) is 0 Å². The van der Waals surface area contributed by atoms with Gasteiger partial charge in [0.25, 0.3) is 0 Å². The lowest BCUT2D eigenvalue weighted by molar-refractivity contribution is -0.174. The molecule has 0 bridgehead atoms. The predicted octanol–water partition coefficient (Wildman–Crippen LogP) is 5.16. The fourth-order valence-corrected chi connectivity index (χ4v) is 8.83. The highest BCUT2D eigenvalue weighted by molar-refractivity contribution is 6.63. The monoisotopic (exact) mass is 410 g/mol. The number of fused-ring (bicyclic) bond motifs is 5. The minimum Gasteiger partial charge on any atom is -0.393 e. The SMILES string of the molecule is C[C@H](CCC(=O)Cl)[C@H]1CC[C@H]2[C@@H]3[C@@H](O)CC4C[C@@H](O)CC[C@]4(C)[C@H]3CC[C@]12C. The maximum Gasteiger partial charge on any atom is 0.221 e. The molecule has 4 heteroatoms. The number of carbonyl (C=O) groups is 1. The number of aliphatic hydroxyl groups is 2. The summed E-state index contributed by atoms with van der Waals surface area (Å²) in [6.45, 7) is 7.26. The highest BCUT2D eigenvalue weighted by atomic mass is 35.5. The second-order valence-corrected chi connectivity index (χ2v) is 11.7. The molecule has 0 radical (unpaired) electrons. The molecule has 1 unspecified atom stereocenters. The molecule has 0 aromatic rings. The van der Waals surface area contributed by atoms with Crippen LogP contribution < -0.4 is 0 Å². The van der Waals surface area contributed by atoms with E-state index in [1.54, 1.807) is 0 Å². The molecule has 0 heterocycles. The highest BCUT2D eigenvalue weighted by Crippen LogP contribution is 2.68. The second kappa shape index (κ2) is 7.54. The Morgan fingerprint density at radius 2 is 1.71 bits per heavy atom. The third kappa shape index (κ3) is 3.28. The average Bonchev–Trinajstić information content (AvgIpc) is 2.98. The third-order valence-electron chi connectivity index (χ3n) is 10.2. The van der Waals surface area contributed by atoms with Gasteiger partial charge in [-0.3, -0.25) is 4.79 Å². The molecule has 0 spiro atoms. The van der Waals surface area contributed by atoms with Gasteiger partial charge in [-0.05, 0) is 116 Å². The highest BCUT2D eigenvalue weighted by Gasteiger charge is 2.62. The standard InChI is InChI=1S/C24H39ClO3/c1-14(4-7-21(25)28)17-5-6-18-22-19(9-11-24(17,18)3)23(2)10-8-16(26)12-15(23)13-20(22)27/h14-20,22,26-27H,4-13H2,1-3H3/t14-,15?,16+,17-,18+,19+,20+,22+,23+,24-/m1/s1. The van der Waals surface area contributed by atoms with Crippen LogP contribution in [-0.4, -0.2) is 27.7 Å². The van der Waals surface area contributed by atoms with Crippen molar-refractivity contribution in [1.29, 1.82) is 0 Å². The van der Waals surface area contributed by atoms with Crippen molar-refractivity contribution in [2.24, 2.45) is 46.3 Å². The van der Waals surface area contributed by atoms with Crippen LogP contribution in [-0.2, 0) is 4.79 Å². The summed E-state index contributed by atoms with van der Waals surface area (Å²) < 4.78 is 0. The summed E-state index contributed by atoms with van der Waals surface area (Å²) in [5.74, 6) is 3.25. The molecule has 0 aromatic heterocycles. The molecule has 4 saturated carbocycles. The van der Waals surface area contributed by atoms with Crippen molar-refractivity contribution in [2.45, 2.75) is 97.2 Å². The Labute approximate surface area is 175 Å². The number of aliphatic hydroxyl groups excluding tert-OH is 2. The molecule has 28 heavy (non-hydrogen) atoms. The van der Waals surface area contributed by atoms with Crippen LogP contribution in [0.3, 0.4) is 0 Å². The van der Waals surface area contributed by atoms with Crippen LogP contribution in [0.25, 0.3) is 0 Å². The van der Waals surface area contributed by atoms with Crippen molar-refractivity contribution < 1.29 is 15.0 Å². The molecular weight excluding hydrogens is 372 g/mol. The Balaban J connectivity index is 1.55. The first-order chi connectivity index (χ1) is 13.2. The number of hydrogen-bond acceptors (Lipinski definition) is 3. The van der Waals surface area contributed by atoms with E-state index < -0.39 is 0 Å². The molecule has 3 nitrogen and oxygen atoms in total. The molecule has 4 aliphatic carbocycles. The Bertz CT molecular complexity index is 609. The van der Waals surface area contributed by atoms with Gasteiger partial charge in [0, 0.05) is 6.42 Å². The summed E-state index contributed by atoms with van der Waals surface area (Å²) in [7, 11) is 0. The minimum absolute atomic E-state index is 0.169. The summed E-state index contributed by atoms with van der Waals surface area (Å²) in [6.07, 6.45) is 9.72. The van der Waals surface area contributed by atoms with Gasteiger partial charge in [0.2, 0.25) is 5.24 Å². The van der Waals surface area contributed by atoms with Crippen molar-refractivity contribution in [3.63, 3.8) is 0 Å². The van der Waals surface area contributed by atoms with Crippen LogP contribution in [0.15, 0.2) is 0 Å². The van der Waals surface area contributed by atoms with Crippen LogP contribution in [0.4, 0.5) is 0 Å². The zero-order valence-corrected chi connectivity index (χ0v) is 18.6. The first-order valence-electron chi connectivity index (χ1n) is 11.7. The third-order valence-corrected chi connectivity index (χ3v) is 10.4. The first kappa shape index (κ1) is 21.1. The summed E-state index contributed by atoms with van der Waals surface area (Å²) in [5.41, 5.74) is 0.577. The van der Waals surface area contributed by atoms with Gasteiger partial charge in [-0.15, -0.1) is 0 Å². The molecule has 2 N–H and O–H groups in total. The molecule has 160 valence electrons. The van der Waals surface area contributed by atoms with Gasteiger partial charge in [-0.1, -0.05) is 20.8 Å². The molecule has 0 aliphatic heterocycles. The molecule has 4 fully saturated rings. The maximum absolute atomic E-state index is 11.3. The van der Waals surface area contributed by atoms with Crippen LogP contribution in [0, 0.1) is 46.3 Å². The fourth-order valence-electron chi connectivity index (χ4n) is 8.72. The van der Waals surface area contributed by atoms with Gasteiger partial charge in [-0.2, -0.15) is 0 Å². The lowest BCUT2D eigenvalue weighted by Crippen LogP contribution is -2.58. The summed E-state index contributed by atoms with van der Waals surface area (Å²) in [6, 6.07) is 0. The summed E-state index contributed by atoms with van der Waals surface area (Å²) in [4.78, 5) is 11.3.